The SMILES string of the molecule is Nc1nc(-c2cncc(Br)c2)nc(C2CCCC2)c1Br. The van der Waals surface area contributed by atoms with Gasteiger partial charge in [0.1, 0.15) is 5.82 Å². The fourth-order valence-corrected chi connectivity index (χ4v) is 3.48. The standard InChI is InChI=1S/C14H14Br2N4/c15-10-5-9(6-18-7-10)14-19-12(8-3-1-2-4-8)11(16)13(17)20-14/h5-8H,1-4H2,(H2,17,19,20). The molecule has 1 fully saturated rings. The summed E-state index contributed by atoms with van der Waals surface area (Å²) in [6, 6.07) is 1.95. The van der Waals surface area contributed by atoms with Gasteiger partial charge in [-0.3, -0.25) is 4.98 Å². The van der Waals surface area contributed by atoms with Crippen LogP contribution in [0.1, 0.15) is 37.3 Å². The number of anilines is 1. The Labute approximate surface area is 134 Å². The van der Waals surface area contributed by atoms with Crippen molar-refractivity contribution in [3.8, 4) is 11.4 Å². The molecule has 3 rings (SSSR count). The summed E-state index contributed by atoms with van der Waals surface area (Å²) in [5.74, 6) is 1.62. The van der Waals surface area contributed by atoms with E-state index in [0.29, 0.717) is 17.6 Å². The van der Waals surface area contributed by atoms with Gasteiger partial charge in [0.25, 0.3) is 0 Å². The average Bonchev–Trinajstić information content (AvgIpc) is 2.95. The fourth-order valence-electron chi connectivity index (χ4n) is 2.62. The monoisotopic (exact) mass is 396 g/mol. The zero-order valence-electron chi connectivity index (χ0n) is 10.8. The van der Waals surface area contributed by atoms with Gasteiger partial charge in [-0.05, 0) is 50.8 Å². The second-order valence-electron chi connectivity index (χ2n) is 5.00. The lowest BCUT2D eigenvalue weighted by Crippen LogP contribution is -2.06. The Morgan fingerprint density at radius 2 is 1.85 bits per heavy atom. The van der Waals surface area contributed by atoms with Gasteiger partial charge in [0.15, 0.2) is 5.82 Å². The van der Waals surface area contributed by atoms with Crippen LogP contribution in [-0.2, 0) is 0 Å². The third-order valence-corrected chi connectivity index (χ3v) is 4.85. The van der Waals surface area contributed by atoms with E-state index in [4.69, 9.17) is 10.7 Å². The number of rotatable bonds is 2. The van der Waals surface area contributed by atoms with Crippen molar-refractivity contribution >= 4 is 37.7 Å². The number of nitrogen functional groups attached to an aromatic ring is 1. The van der Waals surface area contributed by atoms with Crippen molar-refractivity contribution in [2.24, 2.45) is 0 Å². The molecule has 0 bridgehead atoms. The average molecular weight is 398 g/mol. The lowest BCUT2D eigenvalue weighted by Gasteiger charge is -2.14. The predicted molar refractivity (Wildman–Crippen MR) is 86.3 cm³/mol. The summed E-state index contributed by atoms with van der Waals surface area (Å²) < 4.78 is 1.75. The number of hydrogen-bond acceptors (Lipinski definition) is 4. The van der Waals surface area contributed by atoms with Crippen LogP contribution >= 0.6 is 31.9 Å². The molecule has 0 atom stereocenters. The summed E-state index contributed by atoms with van der Waals surface area (Å²) in [5.41, 5.74) is 7.94. The highest BCUT2D eigenvalue weighted by Crippen LogP contribution is 2.39. The molecule has 0 radical (unpaired) electrons. The van der Waals surface area contributed by atoms with Crippen LogP contribution in [0.25, 0.3) is 11.4 Å². The van der Waals surface area contributed by atoms with Gasteiger partial charge in [0.05, 0.1) is 10.2 Å². The first-order valence-electron chi connectivity index (χ1n) is 6.59. The van der Waals surface area contributed by atoms with Crippen LogP contribution in [0.3, 0.4) is 0 Å². The molecular formula is C14H14Br2N4. The van der Waals surface area contributed by atoms with Gasteiger partial charge in [-0.15, -0.1) is 0 Å². The summed E-state index contributed by atoms with van der Waals surface area (Å²) in [5, 5.41) is 0. The van der Waals surface area contributed by atoms with Gasteiger partial charge in [0.2, 0.25) is 0 Å². The number of aromatic nitrogens is 3. The lowest BCUT2D eigenvalue weighted by molar-refractivity contribution is 0.691. The molecule has 0 aliphatic heterocycles. The maximum absolute atomic E-state index is 6.03. The minimum Gasteiger partial charge on any atom is -0.383 e. The highest BCUT2D eigenvalue weighted by molar-refractivity contribution is 9.11. The van der Waals surface area contributed by atoms with Crippen LogP contribution in [0.5, 0.6) is 0 Å². The van der Waals surface area contributed by atoms with E-state index >= 15 is 0 Å². The molecule has 2 aromatic rings. The van der Waals surface area contributed by atoms with E-state index in [1.165, 1.54) is 25.7 Å². The van der Waals surface area contributed by atoms with Crippen molar-refractivity contribution in [2.75, 3.05) is 5.73 Å². The van der Waals surface area contributed by atoms with E-state index in [2.05, 4.69) is 41.8 Å². The molecule has 4 nitrogen and oxygen atoms in total. The van der Waals surface area contributed by atoms with Crippen molar-refractivity contribution in [3.05, 3.63) is 33.1 Å². The van der Waals surface area contributed by atoms with E-state index in [-0.39, 0.29) is 0 Å². The summed E-state index contributed by atoms with van der Waals surface area (Å²) in [7, 11) is 0. The van der Waals surface area contributed by atoms with E-state index < -0.39 is 0 Å². The Balaban J connectivity index is 2.08. The molecule has 2 aromatic heterocycles. The first-order valence-corrected chi connectivity index (χ1v) is 8.17. The summed E-state index contributed by atoms with van der Waals surface area (Å²) >= 11 is 6.96. The molecule has 0 aromatic carbocycles. The maximum Gasteiger partial charge on any atom is 0.163 e. The molecule has 0 spiro atoms. The first kappa shape index (κ1) is 13.9. The van der Waals surface area contributed by atoms with Crippen LogP contribution in [0.15, 0.2) is 27.4 Å². The van der Waals surface area contributed by atoms with Gasteiger partial charge in [0, 0.05) is 28.3 Å². The molecule has 2 N–H and O–H groups in total. The molecule has 0 unspecified atom stereocenters. The van der Waals surface area contributed by atoms with Gasteiger partial charge in [-0.1, -0.05) is 12.8 Å². The molecule has 104 valence electrons. The van der Waals surface area contributed by atoms with E-state index in [9.17, 15) is 0 Å². The number of pyridine rings is 1. The third kappa shape index (κ3) is 2.72. The van der Waals surface area contributed by atoms with Crippen molar-refractivity contribution < 1.29 is 0 Å². The molecule has 6 heteroatoms. The second-order valence-corrected chi connectivity index (χ2v) is 6.71. The molecule has 0 saturated heterocycles. The Morgan fingerprint density at radius 3 is 2.55 bits per heavy atom. The van der Waals surface area contributed by atoms with Crippen LogP contribution in [0.4, 0.5) is 5.82 Å². The van der Waals surface area contributed by atoms with Crippen molar-refractivity contribution in [1.29, 1.82) is 0 Å². The summed E-state index contributed by atoms with van der Waals surface area (Å²) in [6.45, 7) is 0. The molecule has 1 saturated carbocycles. The quantitative estimate of drug-likeness (QED) is 0.820. The number of nitrogens with zero attached hydrogens (tertiary/aromatic N) is 3. The smallest absolute Gasteiger partial charge is 0.163 e. The van der Waals surface area contributed by atoms with Crippen molar-refractivity contribution in [1.82, 2.24) is 15.0 Å². The van der Waals surface area contributed by atoms with Gasteiger partial charge >= 0.3 is 0 Å². The van der Waals surface area contributed by atoms with E-state index in [1.807, 2.05) is 6.07 Å². The van der Waals surface area contributed by atoms with Crippen LogP contribution in [0.2, 0.25) is 0 Å². The molecule has 1 aliphatic rings. The topological polar surface area (TPSA) is 64.7 Å². The third-order valence-electron chi connectivity index (χ3n) is 3.61. The van der Waals surface area contributed by atoms with Gasteiger partial charge < -0.3 is 5.73 Å². The Kier molecular flexibility index (Phi) is 4.03. The minimum absolute atomic E-state index is 0.480. The largest absolute Gasteiger partial charge is 0.383 e. The molecule has 2 heterocycles. The first-order chi connectivity index (χ1) is 9.65. The van der Waals surface area contributed by atoms with E-state index in [1.54, 1.807) is 12.4 Å². The zero-order chi connectivity index (χ0) is 14.1. The zero-order valence-corrected chi connectivity index (χ0v) is 14.0. The Hall–Kier alpha value is -1.01. The number of halogens is 2. The normalized spacial score (nSPS) is 15.7. The van der Waals surface area contributed by atoms with Crippen LogP contribution in [0, 0.1) is 0 Å². The fraction of sp³-hybridized carbons (Fsp3) is 0.357. The Bertz CT molecular complexity index is 639. The highest BCUT2D eigenvalue weighted by atomic mass is 79.9. The summed E-state index contributed by atoms with van der Waals surface area (Å²) in [4.78, 5) is 13.3. The minimum atomic E-state index is 0.480. The van der Waals surface area contributed by atoms with Gasteiger partial charge in [-0.2, -0.15) is 0 Å². The number of nitrogens with two attached hydrogens (primary N) is 1. The molecule has 20 heavy (non-hydrogen) atoms. The molecule has 0 amide bonds. The predicted octanol–water partition coefficient (Wildman–Crippen LogP) is 4.30. The van der Waals surface area contributed by atoms with Crippen molar-refractivity contribution in [3.63, 3.8) is 0 Å². The second kappa shape index (κ2) is 5.77. The Morgan fingerprint density at radius 1 is 1.10 bits per heavy atom. The van der Waals surface area contributed by atoms with Crippen LogP contribution in [-0.4, -0.2) is 15.0 Å². The summed E-state index contributed by atoms with van der Waals surface area (Å²) in [6.07, 6.45) is 8.36. The molecule has 1 aliphatic carbocycles. The van der Waals surface area contributed by atoms with Crippen molar-refractivity contribution in [2.45, 2.75) is 31.6 Å². The van der Waals surface area contributed by atoms with Crippen LogP contribution < -0.4 is 5.73 Å². The van der Waals surface area contributed by atoms with Gasteiger partial charge in [-0.25, -0.2) is 9.97 Å². The van der Waals surface area contributed by atoms with E-state index in [0.717, 1.165) is 20.2 Å². The number of hydrogen-bond donors (Lipinski definition) is 1. The maximum atomic E-state index is 6.03. The lowest BCUT2D eigenvalue weighted by atomic mass is 10.0. The highest BCUT2D eigenvalue weighted by Gasteiger charge is 2.23. The molecular weight excluding hydrogens is 384 g/mol.